The molecule has 0 N–H and O–H groups in total. The lowest BCUT2D eigenvalue weighted by molar-refractivity contribution is 0.669. The Bertz CT molecular complexity index is 3310. The minimum Gasteiger partial charge on any atom is -0.456 e. The summed E-state index contributed by atoms with van der Waals surface area (Å²) < 4.78 is 97.3. The highest BCUT2D eigenvalue weighted by molar-refractivity contribution is 6.16. The fraction of sp³-hybridized carbons (Fsp3) is 0. The highest BCUT2D eigenvalue weighted by Crippen LogP contribution is 2.42. The molecular formula is C45H27N3O2. The maximum absolute atomic E-state index is 8.72. The molecule has 0 unspecified atom stereocenters. The first-order chi connectivity index (χ1) is 28.9. The van der Waals surface area contributed by atoms with Gasteiger partial charge >= 0.3 is 0 Å². The molecule has 5 nitrogen and oxygen atoms in total. The number of rotatable bonds is 5. The molecule has 5 heteroatoms. The topological polar surface area (TPSA) is 65.0 Å². The van der Waals surface area contributed by atoms with Crippen molar-refractivity contribution in [2.45, 2.75) is 0 Å². The van der Waals surface area contributed by atoms with E-state index in [0.717, 1.165) is 44.2 Å². The first-order valence-corrected chi connectivity index (χ1v) is 15.8. The van der Waals surface area contributed by atoms with E-state index in [1.54, 1.807) is 18.2 Å². The van der Waals surface area contributed by atoms with E-state index < -0.39 is 60.4 Å². The fourth-order valence-electron chi connectivity index (χ4n) is 6.50. The third kappa shape index (κ3) is 4.67. The van der Waals surface area contributed by atoms with Crippen molar-refractivity contribution in [1.82, 2.24) is 15.0 Å². The Morgan fingerprint density at radius 1 is 0.380 bits per heavy atom. The standard InChI is InChI=1S/C45H27N3O2/c1-4-12-28(13-5-1)31-22-24-37-35(26-31)41-33(18-10-20-39(41)49-37)32-23-25-38-36(27-32)42-34(19-11-21-40(42)50-38)45-47-43(29-14-6-2-7-15-29)46-44(48-45)30-16-8-3-9-17-30/h1-27H/i2D,3D,6D,7D,8D,9D,14D,15D,16D,17D. The largest absolute Gasteiger partial charge is 0.456 e. The summed E-state index contributed by atoms with van der Waals surface area (Å²) in [5.41, 5.74) is 6.07. The van der Waals surface area contributed by atoms with E-state index in [1.807, 2.05) is 66.7 Å². The number of hydrogen-bond donors (Lipinski definition) is 0. The van der Waals surface area contributed by atoms with Gasteiger partial charge in [0.05, 0.1) is 13.7 Å². The van der Waals surface area contributed by atoms with Gasteiger partial charge in [0, 0.05) is 38.2 Å². The van der Waals surface area contributed by atoms with Crippen LogP contribution in [-0.2, 0) is 0 Å². The molecule has 0 saturated heterocycles. The smallest absolute Gasteiger partial charge is 0.164 e. The van der Waals surface area contributed by atoms with Gasteiger partial charge in [-0.3, -0.25) is 0 Å². The van der Waals surface area contributed by atoms with Crippen LogP contribution in [0.3, 0.4) is 0 Å². The van der Waals surface area contributed by atoms with Crippen molar-refractivity contribution in [3.8, 4) is 56.4 Å². The molecule has 3 aromatic heterocycles. The van der Waals surface area contributed by atoms with Crippen LogP contribution >= 0.6 is 0 Å². The highest BCUT2D eigenvalue weighted by Gasteiger charge is 2.20. The maximum atomic E-state index is 8.72. The number of hydrogen-bond acceptors (Lipinski definition) is 5. The number of benzene rings is 7. The van der Waals surface area contributed by atoms with Gasteiger partial charge in [0.1, 0.15) is 22.3 Å². The van der Waals surface area contributed by atoms with Gasteiger partial charge in [-0.25, -0.2) is 15.0 Å². The van der Waals surface area contributed by atoms with Crippen molar-refractivity contribution >= 4 is 43.9 Å². The predicted octanol–water partition coefficient (Wildman–Crippen LogP) is 12.0. The minimum absolute atomic E-state index is 0.0521. The van der Waals surface area contributed by atoms with E-state index in [-0.39, 0.29) is 28.6 Å². The zero-order chi connectivity index (χ0) is 41.7. The van der Waals surface area contributed by atoms with Crippen molar-refractivity contribution in [2.75, 3.05) is 0 Å². The molecule has 0 spiro atoms. The molecule has 234 valence electrons. The Morgan fingerprint density at radius 3 is 1.52 bits per heavy atom. The van der Waals surface area contributed by atoms with Crippen molar-refractivity contribution < 1.29 is 22.5 Å². The molecular weight excluding hydrogens is 615 g/mol. The Hall–Kier alpha value is -6.85. The third-order valence-corrected chi connectivity index (χ3v) is 8.73. The maximum Gasteiger partial charge on any atom is 0.164 e. The van der Waals surface area contributed by atoms with Gasteiger partial charge in [-0.1, -0.05) is 127 Å². The van der Waals surface area contributed by atoms with Gasteiger partial charge < -0.3 is 8.83 Å². The van der Waals surface area contributed by atoms with E-state index in [4.69, 9.17) is 22.5 Å². The zero-order valence-electron chi connectivity index (χ0n) is 36.0. The van der Waals surface area contributed by atoms with E-state index in [0.29, 0.717) is 27.5 Å². The summed E-state index contributed by atoms with van der Waals surface area (Å²) >= 11 is 0. The second-order valence-electron chi connectivity index (χ2n) is 11.7. The van der Waals surface area contributed by atoms with E-state index in [2.05, 4.69) is 33.2 Å². The van der Waals surface area contributed by atoms with E-state index in [9.17, 15) is 0 Å². The molecule has 10 rings (SSSR count). The molecule has 10 aromatic rings. The molecule has 0 aliphatic carbocycles. The summed E-state index contributed by atoms with van der Waals surface area (Å²) in [6.45, 7) is 0. The second-order valence-corrected chi connectivity index (χ2v) is 11.7. The Morgan fingerprint density at radius 2 is 0.900 bits per heavy atom. The van der Waals surface area contributed by atoms with Gasteiger partial charge in [0.15, 0.2) is 17.5 Å². The number of furan rings is 2. The van der Waals surface area contributed by atoms with Crippen molar-refractivity contribution in [3.05, 3.63) is 164 Å². The van der Waals surface area contributed by atoms with Crippen molar-refractivity contribution in [3.63, 3.8) is 0 Å². The lowest BCUT2D eigenvalue weighted by Crippen LogP contribution is -2.00. The number of aromatic nitrogens is 3. The summed E-state index contributed by atoms with van der Waals surface area (Å²) in [6.07, 6.45) is 0. The van der Waals surface area contributed by atoms with Crippen LogP contribution in [0.25, 0.3) is 100 Å². The first kappa shape index (κ1) is 19.8. The predicted molar refractivity (Wildman–Crippen MR) is 202 cm³/mol. The van der Waals surface area contributed by atoms with Crippen LogP contribution in [0.2, 0.25) is 0 Å². The average molecular weight is 652 g/mol. The molecule has 50 heavy (non-hydrogen) atoms. The molecule has 0 saturated carbocycles. The van der Waals surface area contributed by atoms with Crippen LogP contribution in [-0.4, -0.2) is 15.0 Å². The molecule has 0 aliphatic rings. The minimum atomic E-state index is -0.621. The average Bonchev–Trinajstić information content (AvgIpc) is 3.84. The van der Waals surface area contributed by atoms with Crippen molar-refractivity contribution in [2.24, 2.45) is 0 Å². The Kier molecular flexibility index (Phi) is 4.52. The van der Waals surface area contributed by atoms with Crippen molar-refractivity contribution in [1.29, 1.82) is 0 Å². The van der Waals surface area contributed by atoms with Crippen LogP contribution in [0.5, 0.6) is 0 Å². The summed E-state index contributed by atoms with van der Waals surface area (Å²) in [4.78, 5) is 13.8. The normalized spacial score (nSPS) is 14.4. The highest BCUT2D eigenvalue weighted by atomic mass is 16.3. The molecule has 0 bridgehead atoms. The molecule has 7 aromatic carbocycles. The van der Waals surface area contributed by atoms with Crippen LogP contribution in [0.1, 0.15) is 13.7 Å². The molecule has 0 atom stereocenters. The van der Waals surface area contributed by atoms with Crippen LogP contribution < -0.4 is 0 Å². The first-order valence-electron chi connectivity index (χ1n) is 20.8. The SMILES string of the molecule is [2H]c1c([2H])c([2H])c(-c2nc(-c3c([2H])c([2H])c([2H])c([2H])c3[2H])nc(-c3cccc4oc5ccc(-c6cccc7oc8ccc(-c9ccccc9)cc8c67)cc5c34)n2)c([2H])c1[2H]. The van der Waals surface area contributed by atoms with Gasteiger partial charge in [-0.05, 0) is 58.7 Å². The second kappa shape index (κ2) is 11.4. The summed E-state index contributed by atoms with van der Waals surface area (Å²) in [5, 5.41) is 3.14. The third-order valence-electron chi connectivity index (χ3n) is 8.73. The lowest BCUT2D eigenvalue weighted by Gasteiger charge is -2.09. The van der Waals surface area contributed by atoms with Gasteiger partial charge in [0.25, 0.3) is 0 Å². The monoisotopic (exact) mass is 651 g/mol. The van der Waals surface area contributed by atoms with Crippen LogP contribution in [0, 0.1) is 0 Å². The molecule has 0 amide bonds. The van der Waals surface area contributed by atoms with Crippen LogP contribution in [0.4, 0.5) is 0 Å². The molecule has 0 fully saturated rings. The summed E-state index contributed by atoms with van der Waals surface area (Å²) in [5.74, 6) is -0.751. The lowest BCUT2D eigenvalue weighted by atomic mass is 9.96. The molecule has 0 radical (unpaired) electrons. The van der Waals surface area contributed by atoms with Gasteiger partial charge in [-0.2, -0.15) is 0 Å². The fourth-order valence-corrected chi connectivity index (χ4v) is 6.50. The van der Waals surface area contributed by atoms with Gasteiger partial charge in [-0.15, -0.1) is 0 Å². The van der Waals surface area contributed by atoms with Crippen LogP contribution in [0.15, 0.2) is 172 Å². The molecule has 0 aliphatic heterocycles. The summed E-state index contributed by atoms with van der Waals surface area (Å²) in [7, 11) is 0. The Balaban J connectivity index is 1.23. The van der Waals surface area contributed by atoms with Gasteiger partial charge in [0.2, 0.25) is 0 Å². The number of fused-ring (bicyclic) bond motifs is 6. The quantitative estimate of drug-likeness (QED) is 0.185. The summed E-state index contributed by atoms with van der Waals surface area (Å²) in [6, 6.07) is 27.2. The molecule has 3 heterocycles. The number of nitrogens with zero attached hydrogens (tertiary/aromatic N) is 3. The van der Waals surface area contributed by atoms with E-state index in [1.165, 1.54) is 0 Å². The Labute approximate surface area is 301 Å². The zero-order valence-corrected chi connectivity index (χ0v) is 26.0. The van der Waals surface area contributed by atoms with E-state index >= 15 is 0 Å².